The minimum atomic E-state index is -0.898. The van der Waals surface area contributed by atoms with Crippen LogP contribution in [0, 0.1) is 34.0 Å². The van der Waals surface area contributed by atoms with Crippen molar-refractivity contribution in [2.75, 3.05) is 7.11 Å². The van der Waals surface area contributed by atoms with Gasteiger partial charge in [-0.2, -0.15) is 15.8 Å². The van der Waals surface area contributed by atoms with Crippen molar-refractivity contribution in [3.05, 3.63) is 52.3 Å². The summed E-state index contributed by atoms with van der Waals surface area (Å²) >= 11 is 0. The molecule has 1 aliphatic heterocycles. The average molecular weight is 333 g/mol. The highest BCUT2D eigenvalue weighted by molar-refractivity contribution is 5.67. The molecule has 1 aromatic carbocycles. The zero-order chi connectivity index (χ0) is 18.6. The van der Waals surface area contributed by atoms with Crippen LogP contribution in [0.2, 0.25) is 0 Å². The molecule has 1 aromatic rings. The van der Waals surface area contributed by atoms with E-state index in [4.69, 9.17) is 20.0 Å². The molecule has 0 spiro atoms. The maximum atomic E-state index is 10.1. The number of ether oxygens (including phenoxy) is 2. The molecule has 0 amide bonds. The van der Waals surface area contributed by atoms with Gasteiger partial charge in [0.25, 0.3) is 0 Å². The number of methoxy groups -OCH3 is 1. The highest BCUT2D eigenvalue weighted by atomic mass is 16.5. The van der Waals surface area contributed by atoms with Gasteiger partial charge in [0, 0.05) is 11.1 Å². The Morgan fingerprint density at radius 2 is 1.88 bits per heavy atom. The average Bonchev–Trinajstić information content (AvgIpc) is 2.85. The van der Waals surface area contributed by atoms with Crippen LogP contribution in [0.1, 0.15) is 19.4 Å². The number of phenolic OH excluding ortho intramolecular Hbond substituents is 1. The number of para-hydroxylation sites is 1. The van der Waals surface area contributed by atoms with E-state index in [0.29, 0.717) is 16.9 Å². The lowest BCUT2D eigenvalue weighted by atomic mass is 9.94. The van der Waals surface area contributed by atoms with Crippen LogP contribution in [0.5, 0.6) is 11.5 Å². The van der Waals surface area contributed by atoms with Crippen molar-refractivity contribution in [2.45, 2.75) is 19.4 Å². The molecule has 0 aromatic heterocycles. The van der Waals surface area contributed by atoms with E-state index < -0.39 is 5.60 Å². The van der Waals surface area contributed by atoms with Gasteiger partial charge in [-0.15, -0.1) is 0 Å². The van der Waals surface area contributed by atoms with E-state index in [1.54, 1.807) is 56.3 Å². The predicted molar refractivity (Wildman–Crippen MR) is 89.7 cm³/mol. The summed E-state index contributed by atoms with van der Waals surface area (Å²) in [5.74, 6) is 0.282. The van der Waals surface area contributed by atoms with E-state index in [9.17, 15) is 10.4 Å². The molecule has 1 aliphatic rings. The van der Waals surface area contributed by atoms with E-state index in [1.807, 2.05) is 6.07 Å². The monoisotopic (exact) mass is 333 g/mol. The van der Waals surface area contributed by atoms with E-state index in [0.717, 1.165) is 0 Å². The van der Waals surface area contributed by atoms with E-state index in [-0.39, 0.29) is 22.7 Å². The van der Waals surface area contributed by atoms with Crippen molar-refractivity contribution in [1.82, 2.24) is 0 Å². The molecule has 0 atom stereocenters. The minimum absolute atomic E-state index is 0.0213. The Labute approximate surface area is 145 Å². The number of phenols is 1. The first-order valence-corrected chi connectivity index (χ1v) is 7.32. The van der Waals surface area contributed by atoms with Gasteiger partial charge in [0.2, 0.25) is 0 Å². The Balaban J connectivity index is 2.59. The Bertz CT molecular complexity index is 916. The Morgan fingerprint density at radius 1 is 1.20 bits per heavy atom. The fraction of sp³-hybridized carbons (Fsp3) is 0.211. The van der Waals surface area contributed by atoms with Crippen molar-refractivity contribution in [2.24, 2.45) is 0 Å². The van der Waals surface area contributed by atoms with Gasteiger partial charge >= 0.3 is 0 Å². The van der Waals surface area contributed by atoms with Gasteiger partial charge in [-0.3, -0.25) is 0 Å². The molecule has 0 unspecified atom stereocenters. The number of aromatic hydroxyl groups is 1. The number of benzene rings is 1. The van der Waals surface area contributed by atoms with Crippen LogP contribution < -0.4 is 4.74 Å². The van der Waals surface area contributed by atoms with Gasteiger partial charge in [-0.05, 0) is 19.9 Å². The molecule has 0 saturated heterocycles. The van der Waals surface area contributed by atoms with E-state index in [2.05, 4.69) is 0 Å². The standard InChI is InChI=1S/C19H15N3O3/c1-19(2)15(14(11-22)18(25-19)13(9-20)10-21)8-7-12-5-4-6-16(24-3)17(12)23/h4-8,23H,1-3H3/b8-7+. The summed E-state index contributed by atoms with van der Waals surface area (Å²) in [6, 6.07) is 10.5. The summed E-state index contributed by atoms with van der Waals surface area (Å²) in [5.41, 5.74) is -0.0167. The van der Waals surface area contributed by atoms with Crippen LogP contribution in [0.4, 0.5) is 0 Å². The summed E-state index contributed by atoms with van der Waals surface area (Å²) in [6.07, 6.45) is 3.25. The smallest absolute Gasteiger partial charge is 0.172 e. The van der Waals surface area contributed by atoms with E-state index >= 15 is 0 Å². The lowest BCUT2D eigenvalue weighted by molar-refractivity contribution is 0.0954. The Morgan fingerprint density at radius 3 is 2.44 bits per heavy atom. The first kappa shape index (κ1) is 17.7. The van der Waals surface area contributed by atoms with Gasteiger partial charge in [-0.25, -0.2) is 0 Å². The summed E-state index contributed by atoms with van der Waals surface area (Å²) in [6.45, 7) is 3.46. The second-order valence-corrected chi connectivity index (χ2v) is 5.67. The van der Waals surface area contributed by atoms with Gasteiger partial charge in [0.1, 0.15) is 29.4 Å². The van der Waals surface area contributed by atoms with Crippen molar-refractivity contribution in [1.29, 1.82) is 15.8 Å². The third-order valence-electron chi connectivity index (χ3n) is 3.74. The van der Waals surface area contributed by atoms with Crippen molar-refractivity contribution in [3.8, 4) is 29.7 Å². The highest BCUT2D eigenvalue weighted by Gasteiger charge is 2.38. The van der Waals surface area contributed by atoms with Crippen LogP contribution in [0.3, 0.4) is 0 Å². The molecule has 6 nitrogen and oxygen atoms in total. The third kappa shape index (κ3) is 3.17. The third-order valence-corrected chi connectivity index (χ3v) is 3.74. The molecule has 0 aliphatic carbocycles. The lowest BCUT2D eigenvalue weighted by Crippen LogP contribution is -2.20. The quantitative estimate of drug-likeness (QED) is 0.849. The van der Waals surface area contributed by atoms with Crippen LogP contribution in [-0.2, 0) is 4.74 Å². The summed E-state index contributed by atoms with van der Waals surface area (Å²) in [4.78, 5) is 0. The van der Waals surface area contributed by atoms with Gasteiger partial charge in [0.15, 0.2) is 22.8 Å². The molecule has 2 rings (SSSR count). The minimum Gasteiger partial charge on any atom is -0.504 e. The Hall–Kier alpha value is -3.69. The van der Waals surface area contributed by atoms with Crippen LogP contribution >= 0.6 is 0 Å². The molecular weight excluding hydrogens is 318 g/mol. The maximum Gasteiger partial charge on any atom is 0.172 e. The topological polar surface area (TPSA) is 110 Å². The number of nitrogens with zero attached hydrogens (tertiary/aromatic N) is 3. The number of nitriles is 3. The molecule has 0 saturated carbocycles. The largest absolute Gasteiger partial charge is 0.504 e. The normalized spacial score (nSPS) is 15.3. The molecule has 0 radical (unpaired) electrons. The predicted octanol–water partition coefficient (Wildman–Crippen LogP) is 3.34. The van der Waals surface area contributed by atoms with Crippen molar-refractivity contribution in [3.63, 3.8) is 0 Å². The zero-order valence-electron chi connectivity index (χ0n) is 14.0. The second kappa shape index (κ2) is 6.83. The number of hydrogen-bond donors (Lipinski definition) is 1. The fourth-order valence-corrected chi connectivity index (χ4v) is 2.49. The molecule has 0 fully saturated rings. The maximum absolute atomic E-state index is 10.1. The van der Waals surface area contributed by atoms with Gasteiger partial charge in [0.05, 0.1) is 7.11 Å². The zero-order valence-corrected chi connectivity index (χ0v) is 14.0. The Kier molecular flexibility index (Phi) is 4.82. The lowest BCUT2D eigenvalue weighted by Gasteiger charge is -2.20. The van der Waals surface area contributed by atoms with Crippen molar-refractivity contribution >= 4 is 6.08 Å². The number of rotatable bonds is 3. The molecule has 1 heterocycles. The molecular formula is C19H15N3O3. The second-order valence-electron chi connectivity index (χ2n) is 5.67. The van der Waals surface area contributed by atoms with Crippen molar-refractivity contribution < 1.29 is 14.6 Å². The first-order valence-electron chi connectivity index (χ1n) is 7.32. The summed E-state index contributed by atoms with van der Waals surface area (Å²) in [5, 5.41) is 37.7. The molecule has 0 bridgehead atoms. The molecule has 124 valence electrons. The fourth-order valence-electron chi connectivity index (χ4n) is 2.49. The molecule has 25 heavy (non-hydrogen) atoms. The summed E-state index contributed by atoms with van der Waals surface area (Å²) < 4.78 is 10.7. The van der Waals surface area contributed by atoms with Crippen LogP contribution in [-0.4, -0.2) is 17.8 Å². The highest BCUT2D eigenvalue weighted by Crippen LogP contribution is 2.41. The first-order chi connectivity index (χ1) is 11.9. The van der Waals surface area contributed by atoms with Crippen LogP contribution in [0.15, 0.2) is 46.8 Å². The number of allylic oxidation sites excluding steroid dienone is 2. The van der Waals surface area contributed by atoms with E-state index in [1.165, 1.54) is 7.11 Å². The number of hydrogen-bond acceptors (Lipinski definition) is 6. The summed E-state index contributed by atoms with van der Waals surface area (Å²) in [7, 11) is 1.45. The van der Waals surface area contributed by atoms with Gasteiger partial charge in [-0.1, -0.05) is 24.3 Å². The van der Waals surface area contributed by atoms with Crippen LogP contribution in [0.25, 0.3) is 6.08 Å². The van der Waals surface area contributed by atoms with Gasteiger partial charge < -0.3 is 14.6 Å². The molecule has 1 N–H and O–H groups in total. The molecule has 6 heteroatoms. The SMILES string of the molecule is COc1cccc(/C=C/C2=C(C#N)C(=C(C#N)C#N)OC2(C)C)c1O.